The lowest BCUT2D eigenvalue weighted by Gasteiger charge is -2.40. The SMILES string of the molecule is CCC(=O)N1c2ccccc2[C@H](Nc2ccc(-c3cnn(C4CCNCC4)c3)cc2)C[C@@H]1C.Cl. The standard InChI is InChI=1S/C27H33N5O.ClH/c1-3-27(33)32-19(2)16-25(24-6-4-5-7-26(24)32)30-22-10-8-20(9-11-22)21-17-29-31(18-21)23-12-14-28-15-13-23;/h4-11,17-19,23,25,28,30H,3,12-16H2,1-2H3;1H/t19-,25+;/m0./s1. The summed E-state index contributed by atoms with van der Waals surface area (Å²) in [5, 5.41) is 11.8. The molecule has 0 aliphatic carbocycles. The highest BCUT2D eigenvalue weighted by molar-refractivity contribution is 5.95. The third-order valence-corrected chi connectivity index (χ3v) is 7.00. The highest BCUT2D eigenvalue weighted by atomic mass is 35.5. The number of hydrogen-bond acceptors (Lipinski definition) is 4. The van der Waals surface area contributed by atoms with Gasteiger partial charge in [-0.3, -0.25) is 9.48 Å². The summed E-state index contributed by atoms with van der Waals surface area (Å²) in [6.45, 7) is 6.20. The molecule has 1 fully saturated rings. The van der Waals surface area contributed by atoms with Crippen LogP contribution in [0.3, 0.4) is 0 Å². The van der Waals surface area contributed by atoms with Gasteiger partial charge in [0.25, 0.3) is 0 Å². The fourth-order valence-corrected chi connectivity index (χ4v) is 5.22. The zero-order valence-electron chi connectivity index (χ0n) is 19.9. The van der Waals surface area contributed by atoms with Crippen LogP contribution in [0.1, 0.15) is 57.2 Å². The molecule has 0 bridgehead atoms. The maximum Gasteiger partial charge on any atom is 0.226 e. The van der Waals surface area contributed by atoms with Crippen LogP contribution in [-0.4, -0.2) is 34.8 Å². The molecular formula is C27H34ClN5O. The number of carbonyl (C=O) groups is 1. The molecule has 7 heteroatoms. The average Bonchev–Trinajstić information content (AvgIpc) is 3.35. The predicted molar refractivity (Wildman–Crippen MR) is 141 cm³/mol. The van der Waals surface area contributed by atoms with Gasteiger partial charge in [0, 0.05) is 35.6 Å². The number of hydrogen-bond donors (Lipinski definition) is 2. The van der Waals surface area contributed by atoms with Crippen molar-refractivity contribution in [1.29, 1.82) is 0 Å². The predicted octanol–water partition coefficient (Wildman–Crippen LogP) is 5.58. The van der Waals surface area contributed by atoms with Crippen molar-refractivity contribution in [2.75, 3.05) is 23.3 Å². The second kappa shape index (κ2) is 10.6. The molecule has 6 nitrogen and oxygen atoms in total. The van der Waals surface area contributed by atoms with Crippen molar-refractivity contribution < 1.29 is 4.79 Å². The third-order valence-electron chi connectivity index (χ3n) is 7.00. The topological polar surface area (TPSA) is 62.2 Å². The summed E-state index contributed by atoms with van der Waals surface area (Å²) in [5.41, 5.74) is 5.64. The molecule has 2 aliphatic heterocycles. The number of amides is 1. The van der Waals surface area contributed by atoms with Crippen LogP contribution >= 0.6 is 12.4 Å². The number of rotatable bonds is 5. The molecule has 34 heavy (non-hydrogen) atoms. The number of nitrogens with one attached hydrogen (secondary N) is 2. The Hall–Kier alpha value is -2.83. The van der Waals surface area contributed by atoms with Crippen LogP contribution in [0.5, 0.6) is 0 Å². The van der Waals surface area contributed by atoms with E-state index in [1.54, 1.807) is 0 Å². The summed E-state index contributed by atoms with van der Waals surface area (Å²) in [7, 11) is 0. The molecule has 0 unspecified atom stereocenters. The summed E-state index contributed by atoms with van der Waals surface area (Å²) in [6.07, 6.45) is 7.82. The first-order valence-corrected chi connectivity index (χ1v) is 12.2. The van der Waals surface area contributed by atoms with Crippen molar-refractivity contribution in [3.05, 3.63) is 66.5 Å². The fourth-order valence-electron chi connectivity index (χ4n) is 5.22. The molecular weight excluding hydrogens is 446 g/mol. The van der Waals surface area contributed by atoms with Gasteiger partial charge in [0.05, 0.1) is 18.3 Å². The zero-order chi connectivity index (χ0) is 22.8. The highest BCUT2D eigenvalue weighted by Gasteiger charge is 2.32. The van der Waals surface area contributed by atoms with Gasteiger partial charge in [-0.05, 0) is 68.6 Å². The van der Waals surface area contributed by atoms with Crippen LogP contribution in [-0.2, 0) is 4.79 Å². The van der Waals surface area contributed by atoms with Gasteiger partial charge in [0.1, 0.15) is 0 Å². The smallest absolute Gasteiger partial charge is 0.226 e. The molecule has 0 spiro atoms. The van der Waals surface area contributed by atoms with Crippen LogP contribution in [0.2, 0.25) is 0 Å². The number of halogens is 1. The van der Waals surface area contributed by atoms with Crippen LogP contribution in [0.25, 0.3) is 11.1 Å². The lowest BCUT2D eigenvalue weighted by molar-refractivity contribution is -0.118. The van der Waals surface area contributed by atoms with Crippen molar-refractivity contribution in [2.24, 2.45) is 0 Å². The van der Waals surface area contributed by atoms with Gasteiger partial charge in [-0.15, -0.1) is 12.4 Å². The Labute approximate surface area is 208 Å². The number of carbonyl (C=O) groups excluding carboxylic acids is 1. The summed E-state index contributed by atoms with van der Waals surface area (Å²) >= 11 is 0. The molecule has 2 N–H and O–H groups in total. The van der Waals surface area contributed by atoms with Crippen LogP contribution in [0.4, 0.5) is 11.4 Å². The van der Waals surface area contributed by atoms with E-state index >= 15 is 0 Å². The van der Waals surface area contributed by atoms with E-state index in [0.29, 0.717) is 12.5 Å². The number of aromatic nitrogens is 2. The maximum absolute atomic E-state index is 12.6. The number of piperidine rings is 1. The van der Waals surface area contributed by atoms with E-state index < -0.39 is 0 Å². The number of para-hydroxylation sites is 1. The Balaban J connectivity index is 0.00000274. The lowest BCUT2D eigenvalue weighted by atomic mass is 9.91. The Morgan fingerprint density at radius 2 is 1.82 bits per heavy atom. The quantitative estimate of drug-likeness (QED) is 0.501. The number of anilines is 2. The van der Waals surface area contributed by atoms with Crippen LogP contribution < -0.4 is 15.5 Å². The average molecular weight is 480 g/mol. The molecule has 5 rings (SSSR count). The van der Waals surface area contributed by atoms with Gasteiger partial charge in [-0.25, -0.2) is 0 Å². The molecule has 2 atom stereocenters. The fraction of sp³-hybridized carbons (Fsp3) is 0.407. The molecule has 180 valence electrons. The minimum absolute atomic E-state index is 0. The molecule has 1 saturated heterocycles. The molecule has 3 aromatic rings. The lowest BCUT2D eigenvalue weighted by Crippen LogP contribution is -2.44. The molecule has 0 radical (unpaired) electrons. The number of nitrogens with zero attached hydrogens (tertiary/aromatic N) is 3. The maximum atomic E-state index is 12.6. The number of fused-ring (bicyclic) bond motifs is 1. The summed E-state index contributed by atoms with van der Waals surface area (Å²) in [6, 6.07) is 17.7. The van der Waals surface area contributed by atoms with Crippen LogP contribution in [0, 0.1) is 0 Å². The van der Waals surface area contributed by atoms with Crippen molar-refractivity contribution in [2.45, 2.75) is 57.7 Å². The first kappa shape index (κ1) is 24.3. The van der Waals surface area contributed by atoms with Gasteiger partial charge >= 0.3 is 0 Å². The molecule has 3 heterocycles. The Morgan fingerprint density at radius 1 is 1.09 bits per heavy atom. The summed E-state index contributed by atoms with van der Waals surface area (Å²) in [5.74, 6) is 0.183. The van der Waals surface area contributed by atoms with E-state index in [2.05, 4.69) is 76.0 Å². The minimum atomic E-state index is 0. The van der Waals surface area contributed by atoms with E-state index in [1.807, 2.05) is 24.1 Å². The minimum Gasteiger partial charge on any atom is -0.378 e. The molecule has 1 amide bonds. The number of benzene rings is 2. The summed E-state index contributed by atoms with van der Waals surface area (Å²) < 4.78 is 2.13. The third kappa shape index (κ3) is 4.84. The van der Waals surface area contributed by atoms with E-state index in [4.69, 9.17) is 0 Å². The first-order chi connectivity index (χ1) is 16.1. The van der Waals surface area contributed by atoms with E-state index in [9.17, 15) is 4.79 Å². The van der Waals surface area contributed by atoms with Crippen molar-refractivity contribution in [3.8, 4) is 11.1 Å². The Morgan fingerprint density at radius 3 is 2.56 bits per heavy atom. The Kier molecular flexibility index (Phi) is 7.59. The van der Waals surface area contributed by atoms with Gasteiger partial charge in [0.2, 0.25) is 5.91 Å². The van der Waals surface area contributed by atoms with Gasteiger partial charge in [-0.2, -0.15) is 5.10 Å². The van der Waals surface area contributed by atoms with E-state index in [1.165, 1.54) is 11.1 Å². The largest absolute Gasteiger partial charge is 0.378 e. The van der Waals surface area contributed by atoms with Gasteiger partial charge < -0.3 is 15.5 Å². The van der Waals surface area contributed by atoms with Crippen molar-refractivity contribution in [3.63, 3.8) is 0 Å². The molecule has 2 aromatic carbocycles. The van der Waals surface area contributed by atoms with Crippen molar-refractivity contribution in [1.82, 2.24) is 15.1 Å². The van der Waals surface area contributed by atoms with Gasteiger partial charge in [0.15, 0.2) is 0 Å². The van der Waals surface area contributed by atoms with E-state index in [0.717, 1.165) is 49.3 Å². The highest BCUT2D eigenvalue weighted by Crippen LogP contribution is 2.39. The van der Waals surface area contributed by atoms with Crippen LogP contribution in [0.15, 0.2) is 60.9 Å². The Bertz CT molecular complexity index is 1110. The van der Waals surface area contributed by atoms with Crippen molar-refractivity contribution >= 4 is 29.7 Å². The second-order valence-electron chi connectivity index (χ2n) is 9.23. The first-order valence-electron chi connectivity index (χ1n) is 12.2. The van der Waals surface area contributed by atoms with E-state index in [-0.39, 0.29) is 30.4 Å². The molecule has 1 aromatic heterocycles. The normalized spacial score (nSPS) is 20.4. The zero-order valence-corrected chi connectivity index (χ0v) is 20.7. The molecule has 0 saturated carbocycles. The molecule has 2 aliphatic rings. The second-order valence-corrected chi connectivity index (χ2v) is 9.23. The van der Waals surface area contributed by atoms with Gasteiger partial charge in [-0.1, -0.05) is 37.3 Å². The monoisotopic (exact) mass is 479 g/mol. The summed E-state index contributed by atoms with van der Waals surface area (Å²) in [4.78, 5) is 14.5.